The third-order valence-electron chi connectivity index (χ3n) is 4.36. The van der Waals surface area contributed by atoms with Crippen LogP contribution in [-0.4, -0.2) is 47.0 Å². The molecule has 1 saturated heterocycles. The highest BCUT2D eigenvalue weighted by atomic mass is 16.5. The minimum Gasteiger partial charge on any atom is -0.478 e. The molecule has 1 aliphatic heterocycles. The van der Waals surface area contributed by atoms with Crippen LogP contribution in [-0.2, 0) is 27.4 Å². The number of nitrogens with one attached hydrogen (secondary N) is 1. The number of hydrogen-bond donors (Lipinski definition) is 2. The van der Waals surface area contributed by atoms with E-state index in [9.17, 15) is 14.4 Å². The minimum absolute atomic E-state index is 0.0345. The van der Waals surface area contributed by atoms with E-state index in [0.29, 0.717) is 6.54 Å². The third kappa shape index (κ3) is 4.71. The Morgan fingerprint density at radius 1 is 1.07 bits per heavy atom. The number of carbonyl (C=O) groups is 3. The van der Waals surface area contributed by atoms with Crippen LogP contribution in [0.5, 0.6) is 0 Å². The molecular formula is C20H20N2O5. The lowest BCUT2D eigenvalue weighted by molar-refractivity contribution is -0.155. The monoisotopic (exact) mass is 368 g/mol. The summed E-state index contributed by atoms with van der Waals surface area (Å²) in [6.45, 7) is 0.687. The van der Waals surface area contributed by atoms with Crippen molar-refractivity contribution in [3.63, 3.8) is 0 Å². The Morgan fingerprint density at radius 2 is 1.78 bits per heavy atom. The molecule has 2 aromatic rings. The Morgan fingerprint density at radius 3 is 2.44 bits per heavy atom. The van der Waals surface area contributed by atoms with Gasteiger partial charge in [0.25, 0.3) is 0 Å². The van der Waals surface area contributed by atoms with Gasteiger partial charge in [0, 0.05) is 13.1 Å². The van der Waals surface area contributed by atoms with Crippen LogP contribution in [0.15, 0.2) is 54.6 Å². The van der Waals surface area contributed by atoms with E-state index in [0.717, 1.165) is 11.1 Å². The first kappa shape index (κ1) is 18.6. The maximum absolute atomic E-state index is 12.6. The molecule has 140 valence electrons. The number of morpholine rings is 1. The zero-order valence-corrected chi connectivity index (χ0v) is 14.6. The highest BCUT2D eigenvalue weighted by Gasteiger charge is 2.33. The summed E-state index contributed by atoms with van der Waals surface area (Å²) in [5, 5.41) is 11.7. The summed E-state index contributed by atoms with van der Waals surface area (Å²) in [5.41, 5.74) is 1.89. The maximum Gasteiger partial charge on any atom is 0.335 e. The van der Waals surface area contributed by atoms with E-state index in [2.05, 4.69) is 5.32 Å². The lowest BCUT2D eigenvalue weighted by atomic mass is 10.1. The average Bonchev–Trinajstić information content (AvgIpc) is 2.69. The lowest BCUT2D eigenvalue weighted by Gasteiger charge is -2.34. The van der Waals surface area contributed by atoms with E-state index in [4.69, 9.17) is 9.84 Å². The van der Waals surface area contributed by atoms with Crippen molar-refractivity contribution >= 4 is 17.8 Å². The molecule has 0 unspecified atom stereocenters. The number of carboxylic acid groups (broad SMARTS) is 1. The van der Waals surface area contributed by atoms with Crippen molar-refractivity contribution in [1.29, 1.82) is 0 Å². The van der Waals surface area contributed by atoms with Crippen LogP contribution >= 0.6 is 0 Å². The second kappa shape index (κ2) is 8.46. The Labute approximate surface area is 156 Å². The molecule has 0 bridgehead atoms. The Balaban J connectivity index is 1.64. The first-order valence-corrected chi connectivity index (χ1v) is 8.55. The molecule has 2 N–H and O–H groups in total. The fourth-order valence-corrected chi connectivity index (χ4v) is 2.87. The number of nitrogens with zero attached hydrogens (tertiary/aromatic N) is 1. The van der Waals surface area contributed by atoms with E-state index in [1.807, 2.05) is 30.3 Å². The maximum atomic E-state index is 12.6. The van der Waals surface area contributed by atoms with E-state index in [1.54, 1.807) is 12.1 Å². The van der Waals surface area contributed by atoms with Gasteiger partial charge in [-0.05, 0) is 23.3 Å². The van der Waals surface area contributed by atoms with Gasteiger partial charge in [-0.15, -0.1) is 0 Å². The molecule has 3 rings (SSSR count). The number of rotatable bonds is 6. The molecule has 27 heavy (non-hydrogen) atoms. The van der Waals surface area contributed by atoms with E-state index >= 15 is 0 Å². The van der Waals surface area contributed by atoms with Crippen molar-refractivity contribution in [3.05, 3.63) is 71.3 Å². The van der Waals surface area contributed by atoms with Gasteiger partial charge in [-0.3, -0.25) is 9.59 Å². The van der Waals surface area contributed by atoms with Crippen molar-refractivity contribution in [3.8, 4) is 0 Å². The van der Waals surface area contributed by atoms with Crippen LogP contribution in [0.2, 0.25) is 0 Å². The summed E-state index contributed by atoms with van der Waals surface area (Å²) in [6, 6.07) is 15.0. The third-order valence-corrected chi connectivity index (χ3v) is 4.36. The van der Waals surface area contributed by atoms with Gasteiger partial charge >= 0.3 is 5.97 Å². The van der Waals surface area contributed by atoms with Gasteiger partial charge in [0.15, 0.2) is 0 Å². The topological polar surface area (TPSA) is 95.9 Å². The molecule has 7 nitrogen and oxygen atoms in total. The molecule has 0 saturated carbocycles. The van der Waals surface area contributed by atoms with Crippen molar-refractivity contribution in [2.45, 2.75) is 19.1 Å². The van der Waals surface area contributed by atoms with Crippen LogP contribution in [0.1, 0.15) is 21.5 Å². The highest BCUT2D eigenvalue weighted by molar-refractivity contribution is 5.89. The molecule has 1 aliphatic rings. The summed E-state index contributed by atoms with van der Waals surface area (Å²) in [7, 11) is 0. The van der Waals surface area contributed by atoms with Crippen molar-refractivity contribution in [1.82, 2.24) is 10.2 Å². The van der Waals surface area contributed by atoms with E-state index in [-0.39, 0.29) is 37.1 Å². The first-order chi connectivity index (χ1) is 13.0. The predicted molar refractivity (Wildman–Crippen MR) is 96.8 cm³/mol. The molecule has 0 radical (unpaired) electrons. The minimum atomic E-state index is -1.000. The van der Waals surface area contributed by atoms with Crippen molar-refractivity contribution < 1.29 is 24.2 Å². The SMILES string of the molecule is O=C(O)c1ccc(CNC(=O)[C@H]2COCC(=O)N2Cc2ccccc2)cc1. The lowest BCUT2D eigenvalue weighted by Crippen LogP contribution is -2.55. The molecule has 0 aromatic heterocycles. The summed E-state index contributed by atoms with van der Waals surface area (Å²) in [5.74, 6) is -1.53. The Kier molecular flexibility index (Phi) is 5.83. The zero-order chi connectivity index (χ0) is 19.2. The van der Waals surface area contributed by atoms with Gasteiger partial charge in [0.1, 0.15) is 12.6 Å². The quantitative estimate of drug-likeness (QED) is 0.804. The number of ether oxygens (including phenoxy) is 1. The smallest absolute Gasteiger partial charge is 0.335 e. The Hall–Kier alpha value is -3.19. The number of hydrogen-bond acceptors (Lipinski definition) is 4. The summed E-state index contributed by atoms with van der Waals surface area (Å²) in [6.07, 6.45) is 0. The fraction of sp³-hybridized carbons (Fsp3) is 0.250. The second-order valence-corrected chi connectivity index (χ2v) is 6.26. The first-order valence-electron chi connectivity index (χ1n) is 8.55. The molecule has 7 heteroatoms. The average molecular weight is 368 g/mol. The van der Waals surface area contributed by atoms with E-state index in [1.165, 1.54) is 17.0 Å². The van der Waals surface area contributed by atoms with Crippen LogP contribution in [0.3, 0.4) is 0 Å². The fourth-order valence-electron chi connectivity index (χ4n) is 2.87. The van der Waals surface area contributed by atoms with Crippen molar-refractivity contribution in [2.75, 3.05) is 13.2 Å². The summed E-state index contributed by atoms with van der Waals surface area (Å²) >= 11 is 0. The molecular weight excluding hydrogens is 348 g/mol. The predicted octanol–water partition coefficient (Wildman–Crippen LogP) is 1.43. The number of carboxylic acids is 1. The molecule has 1 heterocycles. The van der Waals surface area contributed by atoms with E-state index < -0.39 is 12.0 Å². The normalized spacial score (nSPS) is 16.8. The van der Waals surface area contributed by atoms with Gasteiger partial charge < -0.3 is 20.1 Å². The second-order valence-electron chi connectivity index (χ2n) is 6.26. The van der Waals surface area contributed by atoms with Crippen LogP contribution in [0.4, 0.5) is 0 Å². The molecule has 2 aromatic carbocycles. The molecule has 1 fully saturated rings. The number of amides is 2. The highest BCUT2D eigenvalue weighted by Crippen LogP contribution is 2.14. The van der Waals surface area contributed by atoms with Crippen LogP contribution < -0.4 is 5.32 Å². The van der Waals surface area contributed by atoms with Crippen LogP contribution in [0.25, 0.3) is 0 Å². The molecule has 1 atom stereocenters. The van der Waals surface area contributed by atoms with Crippen LogP contribution in [0, 0.1) is 0 Å². The van der Waals surface area contributed by atoms with Gasteiger partial charge in [-0.25, -0.2) is 4.79 Å². The summed E-state index contributed by atoms with van der Waals surface area (Å²) in [4.78, 5) is 37.3. The largest absolute Gasteiger partial charge is 0.478 e. The van der Waals surface area contributed by atoms with Gasteiger partial charge in [0.05, 0.1) is 12.2 Å². The standard InChI is InChI=1S/C20H20N2O5/c23-18-13-27-12-17(22(18)11-15-4-2-1-3-5-15)19(24)21-10-14-6-8-16(9-7-14)20(25)26/h1-9,17H,10-13H2,(H,21,24)(H,25,26)/t17-/m1/s1. The number of benzene rings is 2. The number of carbonyl (C=O) groups excluding carboxylic acids is 2. The molecule has 0 spiro atoms. The van der Waals surface area contributed by atoms with Crippen molar-refractivity contribution in [2.24, 2.45) is 0 Å². The molecule has 2 amide bonds. The summed E-state index contributed by atoms with van der Waals surface area (Å²) < 4.78 is 5.26. The Bertz CT molecular complexity index is 820. The van der Waals surface area contributed by atoms with Gasteiger partial charge in [-0.1, -0.05) is 42.5 Å². The number of aromatic carboxylic acids is 1. The molecule has 0 aliphatic carbocycles. The van der Waals surface area contributed by atoms with Gasteiger partial charge in [0.2, 0.25) is 11.8 Å². The zero-order valence-electron chi connectivity index (χ0n) is 14.6. The van der Waals surface area contributed by atoms with Gasteiger partial charge in [-0.2, -0.15) is 0 Å².